The normalized spacial score (nSPS) is 10.9. The Bertz CT molecular complexity index is 948. The first kappa shape index (κ1) is 19.3. The van der Waals surface area contributed by atoms with Gasteiger partial charge >= 0.3 is 0 Å². The van der Waals surface area contributed by atoms with Crippen LogP contribution in [-0.2, 0) is 16.6 Å². The summed E-state index contributed by atoms with van der Waals surface area (Å²) in [4.78, 5) is 16.4. The fraction of sp³-hybridized carbons (Fsp3) is 0.190. The second kappa shape index (κ2) is 9.48. The Morgan fingerprint density at radius 3 is 2.71 bits per heavy atom. The highest BCUT2D eigenvalue weighted by Gasteiger charge is 2.06. The summed E-state index contributed by atoms with van der Waals surface area (Å²) in [6, 6.07) is 9.09. The van der Waals surface area contributed by atoms with Crippen LogP contribution in [0.15, 0.2) is 61.2 Å². The van der Waals surface area contributed by atoms with E-state index in [9.17, 15) is 4.79 Å². The third kappa shape index (κ3) is 5.28. The van der Waals surface area contributed by atoms with Gasteiger partial charge in [0.25, 0.3) is 0 Å². The van der Waals surface area contributed by atoms with Crippen molar-refractivity contribution in [2.75, 3.05) is 25.6 Å². The van der Waals surface area contributed by atoms with Crippen LogP contribution in [0.25, 0.3) is 17.2 Å². The molecular weight excluding hydrogens is 356 g/mol. The van der Waals surface area contributed by atoms with Crippen LogP contribution >= 0.6 is 0 Å². The molecule has 7 heteroatoms. The fourth-order valence-corrected chi connectivity index (χ4v) is 2.59. The Labute approximate surface area is 163 Å². The highest BCUT2D eigenvalue weighted by atomic mass is 16.5. The van der Waals surface area contributed by atoms with Crippen molar-refractivity contribution in [3.8, 4) is 16.9 Å². The molecule has 0 bridgehead atoms. The van der Waals surface area contributed by atoms with Crippen molar-refractivity contribution in [2.24, 2.45) is 7.05 Å². The molecule has 0 spiro atoms. The molecular formula is C21H22N4O3. The van der Waals surface area contributed by atoms with Crippen molar-refractivity contribution in [1.82, 2.24) is 14.8 Å². The van der Waals surface area contributed by atoms with Gasteiger partial charge < -0.3 is 14.8 Å². The van der Waals surface area contributed by atoms with Gasteiger partial charge in [-0.15, -0.1) is 0 Å². The Hall–Kier alpha value is -3.45. The molecule has 0 radical (unpaired) electrons. The van der Waals surface area contributed by atoms with Crippen LogP contribution in [0, 0.1) is 0 Å². The molecule has 0 aliphatic rings. The van der Waals surface area contributed by atoms with E-state index in [4.69, 9.17) is 9.47 Å². The van der Waals surface area contributed by atoms with Crippen molar-refractivity contribution in [1.29, 1.82) is 0 Å². The molecule has 3 rings (SSSR count). The molecule has 28 heavy (non-hydrogen) atoms. The van der Waals surface area contributed by atoms with Crippen LogP contribution in [0.1, 0.15) is 5.56 Å². The molecule has 7 nitrogen and oxygen atoms in total. The number of aromatic nitrogens is 3. The number of nitrogens with one attached hydrogen (secondary N) is 1. The number of aryl methyl sites for hydroxylation is 1. The maximum atomic E-state index is 12.3. The minimum absolute atomic E-state index is 0.228. The monoisotopic (exact) mass is 378 g/mol. The number of nitrogens with zero attached hydrogens (tertiary/aromatic N) is 3. The van der Waals surface area contributed by atoms with E-state index in [2.05, 4.69) is 15.4 Å². The predicted octanol–water partition coefficient (Wildman–Crippen LogP) is 3.16. The number of hydrogen-bond acceptors (Lipinski definition) is 5. The number of methoxy groups -OCH3 is 1. The molecule has 0 aliphatic carbocycles. The summed E-state index contributed by atoms with van der Waals surface area (Å²) >= 11 is 0. The summed E-state index contributed by atoms with van der Waals surface area (Å²) in [6.07, 6.45) is 10.4. The largest absolute Gasteiger partial charge is 0.491 e. The number of pyridine rings is 1. The molecule has 1 N–H and O–H groups in total. The number of rotatable bonds is 8. The van der Waals surface area contributed by atoms with Crippen LogP contribution in [0.3, 0.4) is 0 Å². The summed E-state index contributed by atoms with van der Waals surface area (Å²) in [5, 5.41) is 7.02. The van der Waals surface area contributed by atoms with Gasteiger partial charge in [-0.2, -0.15) is 5.10 Å². The summed E-state index contributed by atoms with van der Waals surface area (Å²) < 4.78 is 12.2. The fourth-order valence-electron chi connectivity index (χ4n) is 2.59. The molecule has 1 amide bonds. The molecule has 144 valence electrons. The molecule has 1 aromatic carbocycles. The second-order valence-electron chi connectivity index (χ2n) is 6.05. The third-order valence-corrected chi connectivity index (χ3v) is 3.96. The van der Waals surface area contributed by atoms with E-state index in [1.165, 1.54) is 6.08 Å². The lowest BCUT2D eigenvalue weighted by molar-refractivity contribution is -0.111. The lowest BCUT2D eigenvalue weighted by Crippen LogP contribution is -2.08. The smallest absolute Gasteiger partial charge is 0.248 e. The van der Waals surface area contributed by atoms with Gasteiger partial charge in [-0.3, -0.25) is 14.5 Å². The Morgan fingerprint density at radius 2 is 2.00 bits per heavy atom. The van der Waals surface area contributed by atoms with Gasteiger partial charge in [0.15, 0.2) is 0 Å². The van der Waals surface area contributed by atoms with Gasteiger partial charge in [0.2, 0.25) is 5.91 Å². The van der Waals surface area contributed by atoms with Gasteiger partial charge in [0.1, 0.15) is 12.4 Å². The summed E-state index contributed by atoms with van der Waals surface area (Å²) in [5.74, 6) is 0.496. The van der Waals surface area contributed by atoms with E-state index in [0.717, 1.165) is 22.4 Å². The topological polar surface area (TPSA) is 78.3 Å². The van der Waals surface area contributed by atoms with Gasteiger partial charge in [-0.25, -0.2) is 0 Å². The zero-order valence-corrected chi connectivity index (χ0v) is 15.8. The maximum Gasteiger partial charge on any atom is 0.248 e. The second-order valence-corrected chi connectivity index (χ2v) is 6.05. The van der Waals surface area contributed by atoms with E-state index >= 15 is 0 Å². The minimum atomic E-state index is -0.228. The van der Waals surface area contributed by atoms with Crippen LogP contribution in [0.5, 0.6) is 5.75 Å². The highest BCUT2D eigenvalue weighted by molar-refractivity contribution is 6.02. The van der Waals surface area contributed by atoms with E-state index < -0.39 is 0 Å². The van der Waals surface area contributed by atoms with Crippen LogP contribution in [0.2, 0.25) is 0 Å². The number of anilines is 1. The minimum Gasteiger partial charge on any atom is -0.491 e. The Balaban J connectivity index is 1.63. The molecule has 0 aliphatic heterocycles. The van der Waals surface area contributed by atoms with E-state index in [-0.39, 0.29) is 5.91 Å². The zero-order chi connectivity index (χ0) is 19.8. The van der Waals surface area contributed by atoms with E-state index in [0.29, 0.717) is 18.9 Å². The van der Waals surface area contributed by atoms with Gasteiger partial charge in [0, 0.05) is 55.6 Å². The molecule has 2 aromatic heterocycles. The molecule has 0 fully saturated rings. The van der Waals surface area contributed by atoms with Crippen LogP contribution < -0.4 is 10.1 Å². The maximum absolute atomic E-state index is 12.3. The number of hydrogen-bond donors (Lipinski definition) is 1. The van der Waals surface area contributed by atoms with Gasteiger partial charge in [-0.1, -0.05) is 0 Å². The highest BCUT2D eigenvalue weighted by Crippen LogP contribution is 2.23. The lowest BCUT2D eigenvalue weighted by atomic mass is 10.0. The number of benzene rings is 1. The van der Waals surface area contributed by atoms with Crippen LogP contribution in [0.4, 0.5) is 5.69 Å². The SMILES string of the molecule is COCCOc1ccc(NC(=O)C=Cc2cnccc2-c2cnn(C)c2)cc1. The van der Waals surface area contributed by atoms with Crippen molar-refractivity contribution < 1.29 is 14.3 Å². The number of ether oxygens (including phenoxy) is 2. The van der Waals surface area contributed by atoms with Crippen molar-refractivity contribution >= 4 is 17.7 Å². The first-order valence-electron chi connectivity index (χ1n) is 8.79. The first-order chi connectivity index (χ1) is 13.7. The quantitative estimate of drug-likeness (QED) is 0.481. The molecule has 0 unspecified atom stereocenters. The number of carbonyl (C=O) groups excluding carboxylic acids is 1. The standard InChI is InChI=1S/C21H22N4O3/c1-25-15-17(14-23-25)20-9-10-22-13-16(20)3-8-21(26)24-18-4-6-19(7-5-18)28-12-11-27-2/h3-10,13-15H,11-12H2,1-2H3,(H,24,26). The predicted molar refractivity (Wildman–Crippen MR) is 108 cm³/mol. The first-order valence-corrected chi connectivity index (χ1v) is 8.79. The zero-order valence-electron chi connectivity index (χ0n) is 15.8. The average molecular weight is 378 g/mol. The molecule has 0 saturated carbocycles. The number of carbonyl (C=O) groups is 1. The Morgan fingerprint density at radius 1 is 1.18 bits per heavy atom. The molecule has 0 atom stereocenters. The van der Waals surface area contributed by atoms with Crippen molar-refractivity contribution in [3.05, 3.63) is 66.8 Å². The van der Waals surface area contributed by atoms with Gasteiger partial charge in [-0.05, 0) is 42.0 Å². The average Bonchev–Trinajstić information content (AvgIpc) is 3.14. The molecule has 0 saturated heterocycles. The number of amides is 1. The van der Waals surface area contributed by atoms with Crippen molar-refractivity contribution in [3.63, 3.8) is 0 Å². The summed E-state index contributed by atoms with van der Waals surface area (Å²) in [5.41, 5.74) is 3.46. The van der Waals surface area contributed by atoms with E-state index in [1.54, 1.807) is 60.7 Å². The summed E-state index contributed by atoms with van der Waals surface area (Å²) in [7, 11) is 3.49. The lowest BCUT2D eigenvalue weighted by Gasteiger charge is -2.07. The van der Waals surface area contributed by atoms with E-state index in [1.807, 2.05) is 19.3 Å². The van der Waals surface area contributed by atoms with Crippen LogP contribution in [-0.4, -0.2) is 41.0 Å². The molecule has 3 aromatic rings. The third-order valence-electron chi connectivity index (χ3n) is 3.96. The Kier molecular flexibility index (Phi) is 6.54. The van der Waals surface area contributed by atoms with Gasteiger partial charge in [0.05, 0.1) is 12.8 Å². The van der Waals surface area contributed by atoms with Crippen molar-refractivity contribution in [2.45, 2.75) is 0 Å². The summed E-state index contributed by atoms with van der Waals surface area (Å²) in [6.45, 7) is 1.01. The molecule has 2 heterocycles.